The van der Waals surface area contributed by atoms with Crippen molar-refractivity contribution in [1.29, 1.82) is 0 Å². The lowest BCUT2D eigenvalue weighted by Crippen LogP contribution is -2.23. The molecule has 1 saturated carbocycles. The first kappa shape index (κ1) is 10.2. The molecule has 2 rings (SSSR count). The van der Waals surface area contributed by atoms with Gasteiger partial charge in [-0.1, -0.05) is 0 Å². The van der Waals surface area contributed by atoms with Crippen molar-refractivity contribution in [3.8, 4) is 0 Å². The van der Waals surface area contributed by atoms with Gasteiger partial charge in [-0.3, -0.25) is 9.48 Å². The molecule has 4 nitrogen and oxygen atoms in total. The fraction of sp³-hybridized carbons (Fsp3) is 0.636. The first-order chi connectivity index (χ1) is 7.13. The van der Waals surface area contributed by atoms with Gasteiger partial charge in [0.15, 0.2) is 6.29 Å². The van der Waals surface area contributed by atoms with Gasteiger partial charge in [0.2, 0.25) is 0 Å². The van der Waals surface area contributed by atoms with Crippen molar-refractivity contribution in [1.82, 2.24) is 9.78 Å². The smallest absolute Gasteiger partial charge is 0.155 e. The number of carbonyl (C=O) groups excluding carboxylic acids is 1. The molecule has 1 aliphatic rings. The number of aromatic nitrogens is 2. The third-order valence-electron chi connectivity index (χ3n) is 2.95. The Morgan fingerprint density at radius 1 is 1.60 bits per heavy atom. The number of anilines is 1. The molecule has 0 atom stereocenters. The van der Waals surface area contributed by atoms with E-state index in [1.54, 1.807) is 4.68 Å². The van der Waals surface area contributed by atoms with Crippen molar-refractivity contribution in [3.05, 3.63) is 11.3 Å². The van der Waals surface area contributed by atoms with Crippen LogP contribution in [-0.2, 0) is 7.05 Å². The third kappa shape index (κ3) is 1.89. The van der Waals surface area contributed by atoms with Crippen molar-refractivity contribution in [2.75, 3.05) is 18.5 Å². The second-order valence-electron chi connectivity index (χ2n) is 4.39. The molecule has 0 aliphatic heterocycles. The fourth-order valence-corrected chi connectivity index (χ4v) is 2.03. The van der Waals surface area contributed by atoms with Crippen molar-refractivity contribution in [3.63, 3.8) is 0 Å². The lowest BCUT2D eigenvalue weighted by atomic mass is 10.2. The van der Waals surface area contributed by atoms with Crippen LogP contribution in [0.25, 0.3) is 0 Å². The van der Waals surface area contributed by atoms with Gasteiger partial charge in [-0.05, 0) is 25.7 Å². The standard InChI is InChI=1S/C11H17N3O/c1-8-10(7-15)11(14(3)12-8)13(2)6-9-4-5-9/h7,9H,4-6H2,1-3H3. The van der Waals surface area contributed by atoms with E-state index in [1.807, 2.05) is 21.0 Å². The van der Waals surface area contributed by atoms with E-state index in [1.165, 1.54) is 12.8 Å². The number of rotatable bonds is 4. The molecule has 1 heterocycles. The third-order valence-corrected chi connectivity index (χ3v) is 2.95. The van der Waals surface area contributed by atoms with Crippen LogP contribution < -0.4 is 4.90 Å². The van der Waals surface area contributed by atoms with Gasteiger partial charge in [-0.15, -0.1) is 0 Å². The van der Waals surface area contributed by atoms with E-state index in [0.29, 0.717) is 0 Å². The summed E-state index contributed by atoms with van der Waals surface area (Å²) in [5.41, 5.74) is 1.53. The molecule has 0 amide bonds. The van der Waals surface area contributed by atoms with Crippen LogP contribution in [0, 0.1) is 12.8 Å². The van der Waals surface area contributed by atoms with Gasteiger partial charge in [-0.2, -0.15) is 5.10 Å². The SMILES string of the molecule is Cc1nn(C)c(N(C)CC2CC2)c1C=O. The van der Waals surface area contributed by atoms with Gasteiger partial charge < -0.3 is 4.90 Å². The predicted molar refractivity (Wildman–Crippen MR) is 59.3 cm³/mol. The van der Waals surface area contributed by atoms with Gasteiger partial charge in [0.1, 0.15) is 5.82 Å². The molecule has 1 fully saturated rings. The summed E-state index contributed by atoms with van der Waals surface area (Å²) in [4.78, 5) is 13.1. The molecule has 1 aliphatic carbocycles. The number of aldehydes is 1. The molecular formula is C11H17N3O. The molecular weight excluding hydrogens is 190 g/mol. The van der Waals surface area contributed by atoms with E-state index in [4.69, 9.17) is 0 Å². The maximum Gasteiger partial charge on any atom is 0.155 e. The van der Waals surface area contributed by atoms with E-state index >= 15 is 0 Å². The van der Waals surface area contributed by atoms with Crippen molar-refractivity contribution in [2.45, 2.75) is 19.8 Å². The van der Waals surface area contributed by atoms with Crippen LogP contribution in [0.3, 0.4) is 0 Å². The maximum atomic E-state index is 11.0. The molecule has 0 unspecified atom stereocenters. The molecule has 4 heteroatoms. The number of hydrogen-bond acceptors (Lipinski definition) is 3. The molecule has 0 bridgehead atoms. The van der Waals surface area contributed by atoms with Crippen molar-refractivity contribution in [2.24, 2.45) is 13.0 Å². The van der Waals surface area contributed by atoms with Crippen LogP contribution in [0.5, 0.6) is 0 Å². The predicted octanol–water partition coefficient (Wildman–Crippen LogP) is 1.39. The summed E-state index contributed by atoms with van der Waals surface area (Å²) in [6.45, 7) is 2.90. The van der Waals surface area contributed by atoms with Crippen LogP contribution in [-0.4, -0.2) is 29.7 Å². The summed E-state index contributed by atoms with van der Waals surface area (Å²) in [6, 6.07) is 0. The number of carbonyl (C=O) groups is 1. The van der Waals surface area contributed by atoms with E-state index < -0.39 is 0 Å². The molecule has 15 heavy (non-hydrogen) atoms. The summed E-state index contributed by atoms with van der Waals surface area (Å²) in [5, 5.41) is 4.27. The Morgan fingerprint density at radius 2 is 2.27 bits per heavy atom. The van der Waals surface area contributed by atoms with Gasteiger partial charge in [-0.25, -0.2) is 0 Å². The van der Waals surface area contributed by atoms with E-state index in [9.17, 15) is 4.79 Å². The average molecular weight is 207 g/mol. The second kappa shape index (κ2) is 3.68. The summed E-state index contributed by atoms with van der Waals surface area (Å²) < 4.78 is 1.79. The Balaban J connectivity index is 2.27. The molecule has 1 aromatic rings. The summed E-state index contributed by atoms with van der Waals surface area (Å²) in [5.74, 6) is 1.75. The lowest BCUT2D eigenvalue weighted by molar-refractivity contribution is 0.112. The molecule has 82 valence electrons. The Morgan fingerprint density at radius 3 is 2.80 bits per heavy atom. The monoisotopic (exact) mass is 207 g/mol. The quantitative estimate of drug-likeness (QED) is 0.700. The highest BCUT2D eigenvalue weighted by Gasteiger charge is 2.25. The molecule has 0 spiro atoms. The first-order valence-electron chi connectivity index (χ1n) is 5.33. The van der Waals surface area contributed by atoms with E-state index in [-0.39, 0.29) is 0 Å². The summed E-state index contributed by atoms with van der Waals surface area (Å²) >= 11 is 0. The van der Waals surface area contributed by atoms with Gasteiger partial charge in [0, 0.05) is 20.6 Å². The highest BCUT2D eigenvalue weighted by atomic mass is 16.1. The number of aryl methyl sites for hydroxylation is 2. The highest BCUT2D eigenvalue weighted by Crippen LogP contribution is 2.31. The van der Waals surface area contributed by atoms with E-state index in [2.05, 4.69) is 10.00 Å². The number of hydrogen-bond donors (Lipinski definition) is 0. The van der Waals surface area contributed by atoms with Crippen LogP contribution in [0.4, 0.5) is 5.82 Å². The molecule has 0 saturated heterocycles. The minimum Gasteiger partial charge on any atom is -0.359 e. The molecule has 0 N–H and O–H groups in total. The van der Waals surface area contributed by atoms with Gasteiger partial charge >= 0.3 is 0 Å². The Labute approximate surface area is 89.9 Å². The Kier molecular flexibility index (Phi) is 2.50. The normalized spacial score (nSPS) is 15.4. The minimum absolute atomic E-state index is 0.723. The lowest BCUT2D eigenvalue weighted by Gasteiger charge is -2.19. The molecule has 0 radical (unpaired) electrons. The summed E-state index contributed by atoms with van der Waals surface area (Å²) in [6.07, 6.45) is 3.54. The zero-order valence-electron chi connectivity index (χ0n) is 9.53. The van der Waals surface area contributed by atoms with Crippen LogP contribution in [0.1, 0.15) is 28.9 Å². The first-order valence-corrected chi connectivity index (χ1v) is 5.33. The Bertz CT molecular complexity index is 379. The molecule has 0 aromatic carbocycles. The highest BCUT2D eigenvalue weighted by molar-refractivity contribution is 5.84. The average Bonchev–Trinajstić information content (AvgIpc) is 2.91. The largest absolute Gasteiger partial charge is 0.359 e. The minimum atomic E-state index is 0.723. The van der Waals surface area contributed by atoms with Crippen LogP contribution >= 0.6 is 0 Å². The zero-order chi connectivity index (χ0) is 11.0. The zero-order valence-corrected chi connectivity index (χ0v) is 9.53. The second-order valence-corrected chi connectivity index (χ2v) is 4.39. The van der Waals surface area contributed by atoms with Crippen LogP contribution in [0.15, 0.2) is 0 Å². The van der Waals surface area contributed by atoms with Crippen LogP contribution in [0.2, 0.25) is 0 Å². The Hall–Kier alpha value is -1.32. The number of nitrogens with zero attached hydrogens (tertiary/aromatic N) is 3. The summed E-state index contributed by atoms with van der Waals surface area (Å²) in [7, 11) is 3.92. The molecule has 1 aromatic heterocycles. The topological polar surface area (TPSA) is 38.1 Å². The van der Waals surface area contributed by atoms with E-state index in [0.717, 1.165) is 35.8 Å². The maximum absolute atomic E-state index is 11.0. The fourth-order valence-electron chi connectivity index (χ4n) is 2.03. The van der Waals surface area contributed by atoms with Gasteiger partial charge in [0.25, 0.3) is 0 Å². The van der Waals surface area contributed by atoms with Crippen molar-refractivity contribution < 1.29 is 4.79 Å². The van der Waals surface area contributed by atoms with Gasteiger partial charge in [0.05, 0.1) is 11.3 Å². The van der Waals surface area contributed by atoms with Crippen molar-refractivity contribution >= 4 is 12.1 Å².